The molecule has 4 rings (SSSR count). The van der Waals surface area contributed by atoms with Crippen molar-refractivity contribution in [3.8, 4) is 17.3 Å². The Labute approximate surface area is 251 Å². The number of pyridine rings is 1. The van der Waals surface area contributed by atoms with E-state index in [1.165, 1.54) is 18.7 Å². The van der Waals surface area contributed by atoms with E-state index in [1.807, 2.05) is 30.1 Å². The molecule has 0 atom stereocenters. The van der Waals surface area contributed by atoms with Gasteiger partial charge in [0.2, 0.25) is 11.8 Å². The Morgan fingerprint density at radius 3 is 2.46 bits per heavy atom. The number of hydrogen-bond donors (Lipinski definition) is 2. The highest BCUT2D eigenvalue weighted by atomic mass is 35.5. The van der Waals surface area contributed by atoms with Crippen molar-refractivity contribution in [3.63, 3.8) is 0 Å². The Morgan fingerprint density at radius 1 is 1.12 bits per heavy atom. The number of hydrogen-bond acceptors (Lipinski definition) is 9. The number of halogens is 1. The zero-order chi connectivity index (χ0) is 28.6. The number of nitriles is 1. The number of likely N-dealkylation sites (tertiary alicyclic amines) is 1. The summed E-state index contributed by atoms with van der Waals surface area (Å²) >= 11 is 1.37. The van der Waals surface area contributed by atoms with Crippen LogP contribution in [0.15, 0.2) is 47.6 Å². The van der Waals surface area contributed by atoms with E-state index >= 15 is 0 Å². The third kappa shape index (κ3) is 8.63. The summed E-state index contributed by atoms with van der Waals surface area (Å²) in [7, 11) is 4.03. The summed E-state index contributed by atoms with van der Waals surface area (Å²) in [5.74, 6) is 0.591. The molecule has 0 radical (unpaired) electrons. The molecule has 1 aromatic carbocycles. The Kier molecular flexibility index (Phi) is 11.5. The lowest BCUT2D eigenvalue weighted by atomic mass is 10.0. The largest absolute Gasteiger partial charge is 0.382 e. The summed E-state index contributed by atoms with van der Waals surface area (Å²) in [5, 5.41) is 12.8. The quantitative estimate of drug-likeness (QED) is 0.276. The zero-order valence-electron chi connectivity index (χ0n) is 23.5. The van der Waals surface area contributed by atoms with Gasteiger partial charge in [0.05, 0.1) is 11.4 Å². The van der Waals surface area contributed by atoms with E-state index in [0.717, 1.165) is 37.3 Å². The summed E-state index contributed by atoms with van der Waals surface area (Å²) in [6, 6.07) is 15.3. The molecule has 0 saturated carbocycles. The number of benzene rings is 1. The maximum absolute atomic E-state index is 12.8. The van der Waals surface area contributed by atoms with Crippen molar-refractivity contribution in [1.29, 1.82) is 5.26 Å². The molecule has 2 aromatic heterocycles. The molecule has 0 spiro atoms. The first-order valence-corrected chi connectivity index (χ1v) is 14.2. The SMILES string of the molecule is CC(=O)Nc1ccc(-c2nc(SCc3cccc(CCC(=O)N(C)C4CCN(C)CC4)n3)nc(N)c2C#N)cc1.Cl. The normalized spacial score (nSPS) is 13.6. The van der Waals surface area contributed by atoms with E-state index in [4.69, 9.17) is 10.7 Å². The summed E-state index contributed by atoms with van der Waals surface area (Å²) in [5.41, 5.74) is 9.79. The van der Waals surface area contributed by atoms with Crippen LogP contribution in [0.25, 0.3) is 11.3 Å². The predicted octanol–water partition coefficient (Wildman–Crippen LogP) is 4.15. The lowest BCUT2D eigenvalue weighted by Gasteiger charge is -2.35. The molecule has 41 heavy (non-hydrogen) atoms. The summed E-state index contributed by atoms with van der Waals surface area (Å²) in [4.78, 5) is 42.0. The summed E-state index contributed by atoms with van der Waals surface area (Å²) < 4.78 is 0. The fourth-order valence-corrected chi connectivity index (χ4v) is 5.40. The van der Waals surface area contributed by atoms with Crippen molar-refractivity contribution >= 4 is 47.5 Å². The van der Waals surface area contributed by atoms with E-state index in [2.05, 4.69) is 33.3 Å². The van der Waals surface area contributed by atoms with Gasteiger partial charge in [0.25, 0.3) is 0 Å². The van der Waals surface area contributed by atoms with Crippen LogP contribution in [-0.4, -0.2) is 69.8 Å². The molecule has 0 unspecified atom stereocenters. The van der Waals surface area contributed by atoms with Crippen molar-refractivity contribution in [3.05, 3.63) is 59.4 Å². The number of rotatable bonds is 9. The first kappa shape index (κ1) is 31.8. The molecule has 1 aliphatic heterocycles. The number of carbonyl (C=O) groups is 2. The van der Waals surface area contributed by atoms with Gasteiger partial charge in [0, 0.05) is 49.1 Å². The number of aromatic nitrogens is 3. The highest BCUT2D eigenvalue weighted by molar-refractivity contribution is 7.98. The van der Waals surface area contributed by atoms with Crippen LogP contribution >= 0.6 is 24.2 Å². The van der Waals surface area contributed by atoms with Crippen LogP contribution in [0.3, 0.4) is 0 Å². The number of thioether (sulfide) groups is 1. The third-order valence-electron chi connectivity index (χ3n) is 6.94. The van der Waals surface area contributed by atoms with E-state index in [1.54, 1.807) is 24.3 Å². The number of nitrogen functional groups attached to an aromatic ring is 1. The highest BCUT2D eigenvalue weighted by Crippen LogP contribution is 2.29. The number of aryl methyl sites for hydroxylation is 1. The second-order valence-electron chi connectivity index (χ2n) is 9.93. The Hall–Kier alpha value is -3.72. The summed E-state index contributed by atoms with van der Waals surface area (Å²) in [6.07, 6.45) is 3.02. The first-order chi connectivity index (χ1) is 19.2. The van der Waals surface area contributed by atoms with Gasteiger partial charge in [-0.05, 0) is 63.7 Å². The smallest absolute Gasteiger partial charge is 0.222 e. The molecule has 3 aromatic rings. The van der Waals surface area contributed by atoms with Crippen molar-refractivity contribution in [2.45, 2.75) is 49.6 Å². The van der Waals surface area contributed by atoms with Gasteiger partial charge < -0.3 is 20.9 Å². The highest BCUT2D eigenvalue weighted by Gasteiger charge is 2.23. The second-order valence-corrected chi connectivity index (χ2v) is 10.9. The first-order valence-electron chi connectivity index (χ1n) is 13.2. The van der Waals surface area contributed by atoms with Gasteiger partial charge in [-0.25, -0.2) is 9.97 Å². The van der Waals surface area contributed by atoms with Gasteiger partial charge in [-0.2, -0.15) is 5.26 Å². The summed E-state index contributed by atoms with van der Waals surface area (Å²) in [6.45, 7) is 3.48. The zero-order valence-corrected chi connectivity index (χ0v) is 25.1. The Morgan fingerprint density at radius 2 is 1.80 bits per heavy atom. The molecular weight excluding hydrogens is 560 g/mol. The monoisotopic (exact) mass is 594 g/mol. The average molecular weight is 595 g/mol. The van der Waals surface area contributed by atoms with E-state index in [9.17, 15) is 14.9 Å². The van der Waals surface area contributed by atoms with Gasteiger partial charge in [0.15, 0.2) is 5.16 Å². The standard InChI is InChI=1S/C29H34N8O2S.ClH/c1-19(38)32-22-9-7-20(8-10-22)27-25(17-30)28(31)35-29(34-27)40-18-23-6-4-5-21(33-23)11-12-26(39)37(3)24-13-15-36(2)16-14-24;/h4-10,24H,11-16,18H2,1-3H3,(H,32,38)(H2,31,34,35);1H. The maximum Gasteiger partial charge on any atom is 0.222 e. The second kappa shape index (κ2) is 14.8. The number of nitrogens with zero attached hydrogens (tertiary/aromatic N) is 6. The van der Waals surface area contributed by atoms with Crippen LogP contribution in [0.5, 0.6) is 0 Å². The van der Waals surface area contributed by atoms with E-state index < -0.39 is 0 Å². The minimum absolute atomic E-state index is 0. The van der Waals surface area contributed by atoms with Gasteiger partial charge in [-0.3, -0.25) is 14.6 Å². The van der Waals surface area contributed by atoms with Crippen molar-refractivity contribution < 1.29 is 9.59 Å². The number of piperidine rings is 1. The molecule has 0 aliphatic carbocycles. The minimum Gasteiger partial charge on any atom is -0.382 e. The molecule has 12 heteroatoms. The van der Waals surface area contributed by atoms with Crippen LogP contribution < -0.4 is 11.1 Å². The fourth-order valence-electron chi connectivity index (χ4n) is 4.64. The Bertz CT molecular complexity index is 1400. The third-order valence-corrected chi connectivity index (χ3v) is 7.83. The Balaban J connectivity index is 0.00000462. The van der Waals surface area contributed by atoms with Crippen LogP contribution in [0.1, 0.15) is 43.1 Å². The van der Waals surface area contributed by atoms with Crippen LogP contribution in [-0.2, 0) is 21.8 Å². The van der Waals surface area contributed by atoms with Crippen LogP contribution in [0, 0.1) is 11.3 Å². The predicted molar refractivity (Wildman–Crippen MR) is 164 cm³/mol. The maximum atomic E-state index is 12.8. The van der Waals surface area contributed by atoms with Crippen molar-refractivity contribution in [2.75, 3.05) is 38.2 Å². The van der Waals surface area contributed by atoms with Gasteiger partial charge in [-0.1, -0.05) is 30.0 Å². The lowest BCUT2D eigenvalue weighted by Crippen LogP contribution is -2.44. The van der Waals surface area contributed by atoms with Gasteiger partial charge in [-0.15, -0.1) is 12.4 Å². The van der Waals surface area contributed by atoms with Gasteiger partial charge >= 0.3 is 0 Å². The topological polar surface area (TPSA) is 141 Å². The van der Waals surface area contributed by atoms with Crippen molar-refractivity contribution in [2.24, 2.45) is 0 Å². The molecule has 3 heterocycles. The number of nitrogens with two attached hydrogens (primary N) is 1. The minimum atomic E-state index is -0.167. The molecule has 0 bridgehead atoms. The van der Waals surface area contributed by atoms with Gasteiger partial charge in [0.1, 0.15) is 17.5 Å². The van der Waals surface area contributed by atoms with Crippen LogP contribution in [0.2, 0.25) is 0 Å². The average Bonchev–Trinajstić information content (AvgIpc) is 2.95. The number of carbonyl (C=O) groups excluding carboxylic acids is 2. The molecule has 216 valence electrons. The molecule has 1 saturated heterocycles. The molecule has 3 N–H and O–H groups in total. The molecule has 2 amide bonds. The van der Waals surface area contributed by atoms with E-state index in [-0.39, 0.29) is 35.6 Å². The number of anilines is 2. The van der Waals surface area contributed by atoms with Crippen LogP contribution in [0.4, 0.5) is 11.5 Å². The molecule has 1 fully saturated rings. The molecule has 10 nitrogen and oxygen atoms in total. The fraction of sp³-hybridized carbons (Fsp3) is 0.379. The van der Waals surface area contributed by atoms with E-state index in [0.29, 0.717) is 46.7 Å². The molecular formula is C29H35ClN8O2S. The molecule has 1 aliphatic rings. The lowest BCUT2D eigenvalue weighted by molar-refractivity contribution is -0.132. The number of amides is 2. The number of nitrogens with one attached hydrogen (secondary N) is 1. The van der Waals surface area contributed by atoms with Crippen molar-refractivity contribution in [1.82, 2.24) is 24.8 Å².